The number of rotatable bonds is 11. The van der Waals surface area contributed by atoms with Crippen LogP contribution in [0.15, 0.2) is 81.9 Å². The predicted octanol–water partition coefficient (Wildman–Crippen LogP) is 8.54. The molecule has 0 aliphatic rings. The summed E-state index contributed by atoms with van der Waals surface area (Å²) < 4.78 is 16.4. The molecule has 0 saturated heterocycles. The molecule has 0 fully saturated rings. The number of hydrogen-bond acceptors (Lipinski definition) is 15. The Hall–Kier alpha value is -7.57. The summed E-state index contributed by atoms with van der Waals surface area (Å²) in [5, 5.41) is 26.9. The van der Waals surface area contributed by atoms with Gasteiger partial charge in [0.2, 0.25) is 11.8 Å². The average Bonchev–Trinajstić information content (AvgIpc) is 3.92. The summed E-state index contributed by atoms with van der Waals surface area (Å²) in [5.74, 6) is 0.311. The zero-order valence-corrected chi connectivity index (χ0v) is 39.1. The van der Waals surface area contributed by atoms with Crippen LogP contribution in [0, 0.1) is 27.7 Å². The largest absolute Gasteiger partial charge is 0.444 e. The number of anilines is 2. The Labute approximate surface area is 394 Å². The van der Waals surface area contributed by atoms with Crippen molar-refractivity contribution in [1.82, 2.24) is 51.0 Å². The highest BCUT2D eigenvalue weighted by atomic mass is 35.5. The number of halogens is 2. The molecule has 0 aliphatic carbocycles. The van der Waals surface area contributed by atoms with Crippen LogP contribution in [0.25, 0.3) is 21.8 Å². The second-order valence-electron chi connectivity index (χ2n) is 16.5. The third kappa shape index (κ3) is 12.6. The van der Waals surface area contributed by atoms with E-state index in [0.29, 0.717) is 58.5 Å². The SMILES string of the molecule is Cc1cc(N)nc(C)c1CNC(=O)c1nnc(Cc2ccc3ncc(Cl)cc3c2)o1.Cc1cc(NC(=O)OC(C)(C)C)nc(C)c1CNC(=O)c1nnc(Cc2ccc3ncc(Cl)cc3c2)o1. The molecule has 6 heterocycles. The number of pyridine rings is 4. The van der Waals surface area contributed by atoms with Gasteiger partial charge in [-0.1, -0.05) is 35.3 Å². The van der Waals surface area contributed by atoms with Crippen LogP contribution >= 0.6 is 23.2 Å². The maximum atomic E-state index is 12.6. The van der Waals surface area contributed by atoms with Crippen LogP contribution in [-0.2, 0) is 30.7 Å². The fraction of sp³-hybridized carbons (Fsp3) is 0.255. The topological polar surface area (TPSA) is 252 Å². The monoisotopic (exact) mass is 944 g/mol. The van der Waals surface area contributed by atoms with Crippen LogP contribution in [0.4, 0.5) is 16.4 Å². The van der Waals surface area contributed by atoms with Crippen molar-refractivity contribution in [2.75, 3.05) is 11.1 Å². The van der Waals surface area contributed by atoms with Crippen molar-refractivity contribution in [3.8, 4) is 0 Å². The van der Waals surface area contributed by atoms with Crippen molar-refractivity contribution in [3.63, 3.8) is 0 Å². The molecule has 0 radical (unpaired) electrons. The summed E-state index contributed by atoms with van der Waals surface area (Å²) in [7, 11) is 0. The second-order valence-corrected chi connectivity index (χ2v) is 17.4. The lowest BCUT2D eigenvalue weighted by atomic mass is 10.1. The minimum Gasteiger partial charge on any atom is -0.444 e. The zero-order valence-electron chi connectivity index (χ0n) is 37.6. The van der Waals surface area contributed by atoms with Gasteiger partial charge in [0.25, 0.3) is 0 Å². The van der Waals surface area contributed by atoms with Crippen molar-refractivity contribution in [2.45, 2.75) is 80.0 Å². The first-order valence-corrected chi connectivity index (χ1v) is 21.6. The lowest BCUT2D eigenvalue weighted by molar-refractivity contribution is 0.0634. The number of fused-ring (bicyclic) bond motifs is 2. The number of hydrogen-bond donors (Lipinski definition) is 4. The number of carbonyl (C=O) groups is 3. The van der Waals surface area contributed by atoms with E-state index in [-0.39, 0.29) is 18.3 Å². The van der Waals surface area contributed by atoms with Gasteiger partial charge in [0, 0.05) is 47.6 Å². The molecule has 0 aliphatic heterocycles. The highest BCUT2D eigenvalue weighted by Gasteiger charge is 2.20. The summed E-state index contributed by atoms with van der Waals surface area (Å²) in [5.41, 5.74) is 13.6. The van der Waals surface area contributed by atoms with E-state index in [1.807, 2.05) is 69.3 Å². The molecule has 8 aromatic rings. The number of nitrogens with zero attached hydrogens (tertiary/aromatic N) is 8. The molecule has 8 rings (SSSR count). The van der Waals surface area contributed by atoms with Gasteiger partial charge in [-0.05, 0) is 130 Å². The Morgan fingerprint density at radius 1 is 0.657 bits per heavy atom. The number of nitrogens with two attached hydrogens (primary N) is 1. The molecular weight excluding hydrogens is 900 g/mol. The molecule has 2 aromatic carbocycles. The molecular formula is C47H46Cl2N12O6. The molecule has 20 heteroatoms. The summed E-state index contributed by atoms with van der Waals surface area (Å²) in [4.78, 5) is 54.3. The van der Waals surface area contributed by atoms with E-state index < -0.39 is 23.5 Å². The molecule has 18 nitrogen and oxygen atoms in total. The van der Waals surface area contributed by atoms with Gasteiger partial charge in [-0.15, -0.1) is 20.4 Å². The fourth-order valence-corrected chi connectivity index (χ4v) is 7.28. The minimum atomic E-state index is -0.617. The van der Waals surface area contributed by atoms with E-state index >= 15 is 0 Å². The van der Waals surface area contributed by atoms with Crippen molar-refractivity contribution < 1.29 is 28.0 Å². The molecule has 0 unspecified atom stereocenters. The standard InChI is InChI=1S/C26H27ClN6O4.C21H19ClN6O2/c1-14-8-21(31-25(35)37-26(3,4)5)30-15(2)19(14)13-29-23(34)24-33-32-22(36-24)10-16-6-7-20-17(9-16)11-18(27)12-28-20;1-11-5-18(23)26-12(2)16(11)10-25-20(29)21-28-27-19(30-21)7-13-3-4-17-14(6-13)8-15(22)9-24-17/h6-9,11-12H,10,13H2,1-5H3,(H,29,34)(H,30,31,35);3-6,8-9H,7,10H2,1-2H3,(H2,23,26)(H,25,29). The van der Waals surface area contributed by atoms with Crippen molar-refractivity contribution in [2.24, 2.45) is 0 Å². The van der Waals surface area contributed by atoms with Gasteiger partial charge in [0.15, 0.2) is 0 Å². The molecule has 0 saturated carbocycles. The number of aromatic nitrogens is 8. The highest BCUT2D eigenvalue weighted by molar-refractivity contribution is 6.31. The van der Waals surface area contributed by atoms with Crippen LogP contribution in [0.5, 0.6) is 0 Å². The van der Waals surface area contributed by atoms with Crippen molar-refractivity contribution in [3.05, 3.63) is 151 Å². The van der Waals surface area contributed by atoms with Crippen LogP contribution in [0.1, 0.15) is 98.7 Å². The quantitative estimate of drug-likeness (QED) is 0.0948. The van der Waals surface area contributed by atoms with Gasteiger partial charge in [-0.3, -0.25) is 24.9 Å². The number of nitrogens with one attached hydrogen (secondary N) is 3. The van der Waals surface area contributed by atoms with Gasteiger partial charge in [-0.2, -0.15) is 0 Å². The lowest BCUT2D eigenvalue weighted by Crippen LogP contribution is -2.28. The molecule has 6 aromatic heterocycles. The molecule has 3 amide bonds. The van der Waals surface area contributed by atoms with E-state index in [4.69, 9.17) is 42.5 Å². The van der Waals surface area contributed by atoms with Crippen LogP contribution < -0.4 is 21.7 Å². The van der Waals surface area contributed by atoms with E-state index in [9.17, 15) is 14.4 Å². The average molecular weight is 946 g/mol. The maximum Gasteiger partial charge on any atom is 0.413 e. The van der Waals surface area contributed by atoms with Crippen molar-refractivity contribution >= 4 is 74.6 Å². The van der Waals surface area contributed by atoms with Crippen LogP contribution in [0.2, 0.25) is 10.0 Å². The summed E-state index contributed by atoms with van der Waals surface area (Å²) in [6, 6.07) is 18.7. The van der Waals surface area contributed by atoms with Gasteiger partial charge >= 0.3 is 29.7 Å². The number of carbonyl (C=O) groups excluding carboxylic acids is 3. The number of ether oxygens (including phenoxy) is 1. The van der Waals surface area contributed by atoms with E-state index in [1.165, 1.54) is 0 Å². The summed E-state index contributed by atoms with van der Waals surface area (Å²) in [6.45, 7) is 13.3. The summed E-state index contributed by atoms with van der Waals surface area (Å²) >= 11 is 12.1. The zero-order chi connectivity index (χ0) is 48.0. The van der Waals surface area contributed by atoms with E-state index in [2.05, 4.69) is 56.3 Å². The Morgan fingerprint density at radius 3 is 1.60 bits per heavy atom. The normalized spacial score (nSPS) is 11.2. The van der Waals surface area contributed by atoms with E-state index in [0.717, 1.165) is 60.9 Å². The smallest absolute Gasteiger partial charge is 0.413 e. The van der Waals surface area contributed by atoms with Crippen LogP contribution in [-0.4, -0.2) is 63.8 Å². The predicted molar refractivity (Wildman–Crippen MR) is 252 cm³/mol. The number of amides is 3. The molecule has 67 heavy (non-hydrogen) atoms. The number of nitrogen functional groups attached to an aromatic ring is 1. The Balaban J connectivity index is 0.000000203. The first-order valence-electron chi connectivity index (χ1n) is 20.8. The Bertz CT molecular complexity index is 3100. The third-order valence-electron chi connectivity index (χ3n) is 10.1. The minimum absolute atomic E-state index is 0.0887. The molecule has 0 spiro atoms. The maximum absolute atomic E-state index is 12.6. The molecule has 344 valence electrons. The lowest BCUT2D eigenvalue weighted by Gasteiger charge is -2.20. The van der Waals surface area contributed by atoms with E-state index in [1.54, 1.807) is 52.2 Å². The Morgan fingerprint density at radius 2 is 1.13 bits per heavy atom. The van der Waals surface area contributed by atoms with Gasteiger partial charge in [-0.25, -0.2) is 14.8 Å². The molecule has 5 N–H and O–H groups in total. The first kappa shape index (κ1) is 47.4. The fourth-order valence-electron chi connectivity index (χ4n) is 6.95. The summed E-state index contributed by atoms with van der Waals surface area (Å²) in [6.07, 6.45) is 3.37. The second kappa shape index (κ2) is 20.3. The highest BCUT2D eigenvalue weighted by Crippen LogP contribution is 2.23. The van der Waals surface area contributed by atoms with Gasteiger partial charge in [0.05, 0.1) is 33.9 Å². The van der Waals surface area contributed by atoms with Crippen molar-refractivity contribution in [1.29, 1.82) is 0 Å². The van der Waals surface area contributed by atoms with Gasteiger partial charge in [0.1, 0.15) is 17.2 Å². The first-order chi connectivity index (χ1) is 31.8. The Kier molecular flexibility index (Phi) is 14.4. The molecule has 0 bridgehead atoms. The number of benzene rings is 2. The van der Waals surface area contributed by atoms with Gasteiger partial charge < -0.3 is 29.9 Å². The third-order valence-corrected chi connectivity index (χ3v) is 10.5. The van der Waals surface area contributed by atoms with Crippen LogP contribution in [0.3, 0.4) is 0 Å². The number of aryl methyl sites for hydroxylation is 4. The molecule has 0 atom stereocenters.